The number of methoxy groups -OCH3 is 1. The fourth-order valence-corrected chi connectivity index (χ4v) is 3.77. The van der Waals surface area contributed by atoms with Crippen molar-refractivity contribution >= 4 is 21.9 Å². The summed E-state index contributed by atoms with van der Waals surface area (Å²) in [4.78, 5) is 23.1. The summed E-state index contributed by atoms with van der Waals surface area (Å²) in [6, 6.07) is 4.79. The van der Waals surface area contributed by atoms with Crippen LogP contribution in [0.15, 0.2) is 29.2 Å². The quantitative estimate of drug-likeness (QED) is 0.792. The van der Waals surface area contributed by atoms with Gasteiger partial charge in [-0.2, -0.15) is 4.31 Å². The molecule has 1 aliphatic heterocycles. The van der Waals surface area contributed by atoms with Gasteiger partial charge in [0.05, 0.1) is 17.6 Å². The minimum absolute atomic E-state index is 0.0352. The van der Waals surface area contributed by atoms with Crippen molar-refractivity contribution in [3.63, 3.8) is 0 Å². The fraction of sp³-hybridized carbons (Fsp3) is 0.385. The van der Waals surface area contributed by atoms with E-state index in [-0.39, 0.29) is 29.5 Å². The van der Waals surface area contributed by atoms with Crippen molar-refractivity contribution in [1.29, 1.82) is 0 Å². The molecule has 1 atom stereocenters. The maximum absolute atomic E-state index is 12.6. The van der Waals surface area contributed by atoms with Crippen LogP contribution >= 0.6 is 0 Å². The number of carbonyl (C=O) groups excluding carboxylic acids is 2. The normalized spacial score (nSPS) is 19.9. The molecule has 1 amide bonds. The van der Waals surface area contributed by atoms with Gasteiger partial charge < -0.3 is 10.1 Å². The molecule has 114 valence electrons. The summed E-state index contributed by atoms with van der Waals surface area (Å²) in [5.41, 5.74) is 0.146. The molecule has 1 saturated heterocycles. The van der Waals surface area contributed by atoms with E-state index in [1.54, 1.807) is 0 Å². The number of rotatable bonds is 3. The number of piperazine rings is 1. The van der Waals surface area contributed by atoms with Crippen LogP contribution in [0.3, 0.4) is 0 Å². The van der Waals surface area contributed by atoms with E-state index in [1.165, 1.54) is 38.3 Å². The van der Waals surface area contributed by atoms with E-state index in [4.69, 9.17) is 0 Å². The lowest BCUT2D eigenvalue weighted by molar-refractivity contribution is -0.126. The van der Waals surface area contributed by atoms with Crippen molar-refractivity contribution < 1.29 is 22.7 Å². The summed E-state index contributed by atoms with van der Waals surface area (Å²) in [7, 11) is -2.62. The van der Waals surface area contributed by atoms with Gasteiger partial charge in [-0.15, -0.1) is 0 Å². The van der Waals surface area contributed by atoms with Gasteiger partial charge in [0.25, 0.3) is 0 Å². The van der Waals surface area contributed by atoms with Gasteiger partial charge in [-0.3, -0.25) is 4.79 Å². The number of benzene rings is 1. The zero-order valence-corrected chi connectivity index (χ0v) is 12.5. The Labute approximate surface area is 122 Å². The molecule has 1 N–H and O–H groups in total. The molecule has 7 nitrogen and oxygen atoms in total. The fourth-order valence-electron chi connectivity index (χ4n) is 2.13. The maximum atomic E-state index is 12.6. The molecule has 0 bridgehead atoms. The summed E-state index contributed by atoms with van der Waals surface area (Å²) < 4.78 is 30.9. The first-order chi connectivity index (χ1) is 9.87. The summed E-state index contributed by atoms with van der Waals surface area (Å²) in [5, 5.41) is 2.60. The second-order valence-electron chi connectivity index (χ2n) is 4.60. The molecule has 1 unspecified atom stereocenters. The molecule has 0 spiro atoms. The molecule has 0 saturated carbocycles. The number of nitrogens with zero attached hydrogens (tertiary/aromatic N) is 1. The van der Waals surface area contributed by atoms with Gasteiger partial charge in [0, 0.05) is 13.1 Å². The average Bonchev–Trinajstić information content (AvgIpc) is 2.49. The van der Waals surface area contributed by atoms with E-state index in [0.29, 0.717) is 0 Å². The lowest BCUT2D eigenvalue weighted by Gasteiger charge is -2.31. The monoisotopic (exact) mass is 312 g/mol. The van der Waals surface area contributed by atoms with E-state index in [0.717, 1.165) is 4.31 Å². The van der Waals surface area contributed by atoms with E-state index < -0.39 is 22.0 Å². The largest absolute Gasteiger partial charge is 0.465 e. The highest BCUT2D eigenvalue weighted by molar-refractivity contribution is 7.89. The molecule has 0 aliphatic carbocycles. The summed E-state index contributed by atoms with van der Waals surface area (Å²) in [5.74, 6) is -0.953. The molecule has 1 heterocycles. The van der Waals surface area contributed by atoms with Crippen molar-refractivity contribution in [2.75, 3.05) is 20.2 Å². The number of hydrogen-bond donors (Lipinski definition) is 1. The predicted molar refractivity (Wildman–Crippen MR) is 74.1 cm³/mol. The molecule has 1 aromatic carbocycles. The third kappa shape index (κ3) is 2.91. The van der Waals surface area contributed by atoms with Gasteiger partial charge in [-0.05, 0) is 25.1 Å². The van der Waals surface area contributed by atoms with Crippen molar-refractivity contribution in [3.05, 3.63) is 29.8 Å². The minimum atomic E-state index is -3.84. The molecule has 1 aliphatic rings. The van der Waals surface area contributed by atoms with Crippen molar-refractivity contribution in [3.8, 4) is 0 Å². The average molecular weight is 312 g/mol. The maximum Gasteiger partial charge on any atom is 0.337 e. The lowest BCUT2D eigenvalue weighted by atomic mass is 10.2. The van der Waals surface area contributed by atoms with Crippen LogP contribution in [0.25, 0.3) is 0 Å². The van der Waals surface area contributed by atoms with E-state index in [2.05, 4.69) is 10.1 Å². The van der Waals surface area contributed by atoms with E-state index >= 15 is 0 Å². The molecular formula is C13H16N2O5S. The summed E-state index contributed by atoms with van der Waals surface area (Å²) >= 11 is 0. The molecular weight excluding hydrogens is 296 g/mol. The molecule has 2 rings (SSSR count). The second kappa shape index (κ2) is 5.82. The Kier molecular flexibility index (Phi) is 4.29. The third-order valence-electron chi connectivity index (χ3n) is 3.30. The van der Waals surface area contributed by atoms with Gasteiger partial charge in [-0.1, -0.05) is 6.07 Å². The van der Waals surface area contributed by atoms with Crippen LogP contribution in [-0.2, 0) is 19.6 Å². The Hall–Kier alpha value is -1.93. The van der Waals surface area contributed by atoms with E-state index in [1.807, 2.05) is 0 Å². The van der Waals surface area contributed by atoms with Crippen molar-refractivity contribution in [2.24, 2.45) is 0 Å². The van der Waals surface area contributed by atoms with Gasteiger partial charge in [0.2, 0.25) is 15.9 Å². The predicted octanol–water partition coefficient (Wildman–Crippen LogP) is -0.0178. The highest BCUT2D eigenvalue weighted by atomic mass is 32.2. The van der Waals surface area contributed by atoms with Gasteiger partial charge in [0.15, 0.2) is 0 Å². The number of ether oxygens (including phenoxy) is 1. The number of sulfonamides is 1. The highest BCUT2D eigenvalue weighted by Gasteiger charge is 2.35. The minimum Gasteiger partial charge on any atom is -0.465 e. The van der Waals surface area contributed by atoms with Gasteiger partial charge >= 0.3 is 5.97 Å². The third-order valence-corrected chi connectivity index (χ3v) is 5.27. The van der Waals surface area contributed by atoms with Crippen LogP contribution in [0.2, 0.25) is 0 Å². The number of carbonyl (C=O) groups is 2. The highest BCUT2D eigenvalue weighted by Crippen LogP contribution is 2.21. The van der Waals surface area contributed by atoms with Gasteiger partial charge in [-0.25, -0.2) is 13.2 Å². The molecule has 8 heteroatoms. The first kappa shape index (κ1) is 15.5. The molecule has 0 radical (unpaired) electrons. The SMILES string of the molecule is COC(=O)c1cccc(S(=O)(=O)N2CCNC(=O)C2C)c1. The smallest absolute Gasteiger partial charge is 0.337 e. The molecule has 1 aromatic rings. The number of hydrogen-bond acceptors (Lipinski definition) is 5. The molecule has 0 aromatic heterocycles. The lowest BCUT2D eigenvalue weighted by Crippen LogP contribution is -2.55. The summed E-state index contributed by atoms with van der Waals surface area (Å²) in [6.45, 7) is 1.98. The molecule has 1 fully saturated rings. The first-order valence-electron chi connectivity index (χ1n) is 6.36. The van der Waals surface area contributed by atoms with Crippen LogP contribution in [-0.4, -0.2) is 50.8 Å². The standard InChI is InChI=1S/C13H16N2O5S/c1-9-12(16)14-6-7-15(9)21(18,19)11-5-3-4-10(8-11)13(17)20-2/h3-5,8-9H,6-7H2,1-2H3,(H,14,16). The number of esters is 1. The van der Waals surface area contributed by atoms with Crippen molar-refractivity contribution in [1.82, 2.24) is 9.62 Å². The van der Waals surface area contributed by atoms with Crippen LogP contribution in [0.5, 0.6) is 0 Å². The van der Waals surface area contributed by atoms with Crippen LogP contribution in [0.4, 0.5) is 0 Å². The first-order valence-corrected chi connectivity index (χ1v) is 7.80. The Bertz CT molecular complexity index is 671. The van der Waals surface area contributed by atoms with E-state index in [9.17, 15) is 18.0 Å². The van der Waals surface area contributed by atoms with Crippen LogP contribution in [0, 0.1) is 0 Å². The number of nitrogens with one attached hydrogen (secondary N) is 1. The Morgan fingerprint density at radius 2 is 2.14 bits per heavy atom. The molecule has 21 heavy (non-hydrogen) atoms. The van der Waals surface area contributed by atoms with Gasteiger partial charge in [0.1, 0.15) is 6.04 Å². The zero-order valence-electron chi connectivity index (χ0n) is 11.7. The summed E-state index contributed by atoms with van der Waals surface area (Å²) in [6.07, 6.45) is 0. The van der Waals surface area contributed by atoms with Crippen molar-refractivity contribution in [2.45, 2.75) is 17.9 Å². The topological polar surface area (TPSA) is 92.8 Å². The Morgan fingerprint density at radius 3 is 2.81 bits per heavy atom. The van der Waals surface area contributed by atoms with Crippen LogP contribution < -0.4 is 5.32 Å². The second-order valence-corrected chi connectivity index (χ2v) is 6.49. The Balaban J connectivity index is 2.40. The Morgan fingerprint density at radius 1 is 1.43 bits per heavy atom. The zero-order chi connectivity index (χ0) is 15.6. The number of amides is 1. The van der Waals surface area contributed by atoms with Crippen LogP contribution in [0.1, 0.15) is 17.3 Å².